The number of ether oxygens (including phenoxy) is 4. The summed E-state index contributed by atoms with van der Waals surface area (Å²) in [6.45, 7) is 3.22. The second kappa shape index (κ2) is 15.2. The van der Waals surface area contributed by atoms with Crippen LogP contribution in [0.25, 0.3) is 32.7 Å². The quantitative estimate of drug-likeness (QED) is 0.103. The molecule has 6 heteroatoms. The molecule has 0 aliphatic heterocycles. The fourth-order valence-electron chi connectivity index (χ4n) is 7.09. The molecule has 0 fully saturated rings. The van der Waals surface area contributed by atoms with E-state index in [1.54, 1.807) is 0 Å². The van der Waals surface area contributed by atoms with Crippen molar-refractivity contribution < 1.29 is 29.2 Å². The Kier molecular flexibility index (Phi) is 10.2. The number of aliphatic hydroxyl groups excluding tert-OH is 2. The van der Waals surface area contributed by atoms with E-state index in [9.17, 15) is 0 Å². The maximum Gasteiger partial charge on any atom is 0.120 e. The van der Waals surface area contributed by atoms with E-state index in [0.29, 0.717) is 52.5 Å². The van der Waals surface area contributed by atoms with Crippen LogP contribution >= 0.6 is 0 Å². The highest BCUT2D eigenvalue weighted by molar-refractivity contribution is 5.92. The van der Waals surface area contributed by atoms with Crippen LogP contribution in [0.2, 0.25) is 0 Å². The molecule has 0 saturated heterocycles. The van der Waals surface area contributed by atoms with Crippen molar-refractivity contribution in [3.05, 3.63) is 144 Å². The number of hydrogen-bond acceptors (Lipinski definition) is 6. The second-order valence-corrected chi connectivity index (χ2v) is 12.4. The molecule has 1 aliphatic carbocycles. The zero-order chi connectivity index (χ0) is 33.5. The third-order valence-electron chi connectivity index (χ3n) is 9.33. The van der Waals surface area contributed by atoms with Crippen molar-refractivity contribution in [1.82, 2.24) is 0 Å². The first-order chi connectivity index (χ1) is 24.2. The fraction of sp³-hybridized carbons (Fsp3) is 0.256. The van der Waals surface area contributed by atoms with E-state index in [1.807, 2.05) is 12.1 Å². The minimum Gasteiger partial charge on any atom is -0.491 e. The minimum atomic E-state index is -0.516. The van der Waals surface area contributed by atoms with Gasteiger partial charge in [-0.3, -0.25) is 0 Å². The molecule has 250 valence electrons. The maximum atomic E-state index is 8.94. The Morgan fingerprint density at radius 1 is 0.429 bits per heavy atom. The number of fused-ring (bicyclic) bond motifs is 5. The maximum absolute atomic E-state index is 8.94. The molecule has 0 amide bonds. The topological polar surface area (TPSA) is 77.4 Å². The number of aliphatic hydroxyl groups is 2. The average Bonchev–Trinajstić information content (AvgIpc) is 3.45. The number of rotatable bonds is 16. The molecule has 6 nitrogen and oxygen atoms in total. The van der Waals surface area contributed by atoms with Gasteiger partial charge in [0, 0.05) is 26.4 Å². The summed E-state index contributed by atoms with van der Waals surface area (Å²) in [7, 11) is 0. The van der Waals surface area contributed by atoms with Gasteiger partial charge in [0.1, 0.15) is 24.7 Å². The van der Waals surface area contributed by atoms with Gasteiger partial charge in [0.15, 0.2) is 0 Å². The molecule has 6 aromatic carbocycles. The van der Waals surface area contributed by atoms with E-state index < -0.39 is 5.41 Å². The summed E-state index contributed by atoms with van der Waals surface area (Å²) in [4.78, 5) is 0. The zero-order valence-corrected chi connectivity index (χ0v) is 27.6. The molecule has 0 unspecified atom stereocenters. The summed E-state index contributed by atoms with van der Waals surface area (Å²) < 4.78 is 23.0. The molecule has 0 aromatic heterocycles. The Balaban J connectivity index is 1.25. The first-order valence-electron chi connectivity index (χ1n) is 17.1. The summed E-state index contributed by atoms with van der Waals surface area (Å²) in [6, 6.07) is 43.7. The van der Waals surface area contributed by atoms with Gasteiger partial charge in [-0.15, -0.1) is 0 Å². The van der Waals surface area contributed by atoms with Crippen molar-refractivity contribution in [3.63, 3.8) is 0 Å². The Morgan fingerprint density at radius 3 is 1.33 bits per heavy atom. The average molecular weight is 655 g/mol. The molecule has 0 spiro atoms. The molecule has 2 N–H and O–H groups in total. The highest BCUT2D eigenvalue weighted by atomic mass is 16.5. The first kappa shape index (κ1) is 32.8. The Morgan fingerprint density at radius 2 is 0.857 bits per heavy atom. The van der Waals surface area contributed by atoms with Gasteiger partial charge in [-0.05, 0) is 104 Å². The highest BCUT2D eigenvalue weighted by Crippen LogP contribution is 2.56. The molecule has 0 saturated carbocycles. The summed E-state index contributed by atoms with van der Waals surface area (Å²) >= 11 is 0. The minimum absolute atomic E-state index is 0.133. The van der Waals surface area contributed by atoms with Crippen molar-refractivity contribution in [2.24, 2.45) is 0 Å². The van der Waals surface area contributed by atoms with Gasteiger partial charge in [-0.1, -0.05) is 84.9 Å². The lowest BCUT2D eigenvalue weighted by Gasteiger charge is -2.34. The Labute approximate surface area is 287 Å². The van der Waals surface area contributed by atoms with Gasteiger partial charge in [0.25, 0.3) is 0 Å². The fourth-order valence-corrected chi connectivity index (χ4v) is 7.09. The van der Waals surface area contributed by atoms with E-state index in [0.717, 1.165) is 33.0 Å². The van der Waals surface area contributed by atoms with E-state index in [4.69, 9.17) is 29.2 Å². The molecular weight excluding hydrogens is 612 g/mol. The van der Waals surface area contributed by atoms with Crippen LogP contribution in [0.1, 0.15) is 35.1 Å². The molecule has 6 aromatic rings. The third kappa shape index (κ3) is 6.65. The highest BCUT2D eigenvalue weighted by Gasteiger charge is 2.46. The molecule has 0 radical (unpaired) electrons. The molecule has 49 heavy (non-hydrogen) atoms. The molecule has 1 aliphatic rings. The molecule has 7 rings (SSSR count). The molecule has 0 bridgehead atoms. The van der Waals surface area contributed by atoms with Gasteiger partial charge in [0.2, 0.25) is 0 Å². The standard InChI is InChI=1S/C43H42O6/c44-19-5-21-46-23-25-48-37-17-13-31-27-35(15-11-33(31)29-37)43(41-9-3-1-7-39(41)40-8-2-4-10-42(40)43)36-16-12-34-30-38(18-14-32(34)28-36)49-26-24-47-22-6-20-45/h1-4,7-18,27-30,44-45H,5-6,19-26H2. The van der Waals surface area contributed by atoms with Crippen LogP contribution in [0, 0.1) is 0 Å². The summed E-state index contributed by atoms with van der Waals surface area (Å²) in [5.74, 6) is 1.62. The normalized spacial score (nSPS) is 13.0. The van der Waals surface area contributed by atoms with Crippen LogP contribution in [-0.2, 0) is 14.9 Å². The van der Waals surface area contributed by atoms with Crippen LogP contribution in [0.5, 0.6) is 11.5 Å². The lowest BCUT2D eigenvalue weighted by molar-refractivity contribution is 0.0883. The number of benzene rings is 6. The third-order valence-corrected chi connectivity index (χ3v) is 9.33. The Bertz CT molecular complexity index is 1890. The van der Waals surface area contributed by atoms with Crippen LogP contribution in [-0.4, -0.2) is 63.1 Å². The molecule has 0 heterocycles. The summed E-state index contributed by atoms with van der Waals surface area (Å²) in [5.41, 5.74) is 6.97. The van der Waals surface area contributed by atoms with E-state index in [-0.39, 0.29) is 13.2 Å². The lowest BCUT2D eigenvalue weighted by atomic mass is 9.67. The largest absolute Gasteiger partial charge is 0.491 e. The smallest absolute Gasteiger partial charge is 0.120 e. The van der Waals surface area contributed by atoms with Crippen LogP contribution in [0.3, 0.4) is 0 Å². The van der Waals surface area contributed by atoms with Crippen molar-refractivity contribution in [3.8, 4) is 22.6 Å². The summed E-state index contributed by atoms with van der Waals surface area (Å²) in [5, 5.41) is 22.4. The van der Waals surface area contributed by atoms with Crippen molar-refractivity contribution in [2.45, 2.75) is 18.3 Å². The zero-order valence-electron chi connectivity index (χ0n) is 27.6. The monoisotopic (exact) mass is 654 g/mol. The van der Waals surface area contributed by atoms with Crippen molar-refractivity contribution >= 4 is 21.5 Å². The molecule has 0 atom stereocenters. The number of hydrogen-bond donors (Lipinski definition) is 2. The van der Waals surface area contributed by atoms with Gasteiger partial charge in [0.05, 0.1) is 18.6 Å². The van der Waals surface area contributed by atoms with Crippen LogP contribution < -0.4 is 9.47 Å². The van der Waals surface area contributed by atoms with Crippen LogP contribution in [0.4, 0.5) is 0 Å². The first-order valence-corrected chi connectivity index (χ1v) is 17.1. The van der Waals surface area contributed by atoms with Gasteiger partial charge < -0.3 is 29.2 Å². The van der Waals surface area contributed by atoms with Crippen molar-refractivity contribution in [1.29, 1.82) is 0 Å². The summed E-state index contributed by atoms with van der Waals surface area (Å²) in [6.07, 6.45) is 1.27. The lowest BCUT2D eigenvalue weighted by Crippen LogP contribution is -2.28. The van der Waals surface area contributed by atoms with Crippen LogP contribution in [0.15, 0.2) is 121 Å². The second-order valence-electron chi connectivity index (χ2n) is 12.4. The predicted molar refractivity (Wildman–Crippen MR) is 195 cm³/mol. The van der Waals surface area contributed by atoms with E-state index >= 15 is 0 Å². The van der Waals surface area contributed by atoms with Gasteiger partial charge >= 0.3 is 0 Å². The SMILES string of the molecule is OCCCOCCOc1ccc2cc(C3(c4ccc5cc(OCCOCCCO)ccc5c4)c4ccccc4-c4ccccc43)ccc2c1. The van der Waals surface area contributed by atoms with E-state index in [1.165, 1.54) is 33.4 Å². The van der Waals surface area contributed by atoms with E-state index in [2.05, 4.69) is 109 Å². The Hall–Kier alpha value is -4.72. The molecular formula is C43H42O6. The van der Waals surface area contributed by atoms with Crippen molar-refractivity contribution in [2.75, 3.05) is 52.9 Å². The van der Waals surface area contributed by atoms with Gasteiger partial charge in [-0.25, -0.2) is 0 Å². The van der Waals surface area contributed by atoms with Gasteiger partial charge in [-0.2, -0.15) is 0 Å². The predicted octanol–water partition coefficient (Wildman–Crippen LogP) is 7.91.